The number of allylic oxidation sites excluding steroid dienone is 1. The van der Waals surface area contributed by atoms with Gasteiger partial charge in [0.1, 0.15) is 29.7 Å². The lowest BCUT2D eigenvalue weighted by atomic mass is 9.83. The monoisotopic (exact) mass is 554 g/mol. The Morgan fingerprint density at radius 3 is 2.58 bits per heavy atom. The zero-order valence-corrected chi connectivity index (χ0v) is 20.4. The second kappa shape index (κ2) is 9.63. The van der Waals surface area contributed by atoms with Crippen LogP contribution in [0, 0.1) is 21.8 Å². The molecule has 3 N–H and O–H groups in total. The van der Waals surface area contributed by atoms with E-state index in [0.29, 0.717) is 36.0 Å². The Morgan fingerprint density at radius 2 is 1.88 bits per heavy atom. The summed E-state index contributed by atoms with van der Waals surface area (Å²) in [6, 6.07) is 19.0. The first-order valence-electron chi connectivity index (χ1n) is 10.5. The van der Waals surface area contributed by atoms with E-state index in [9.17, 15) is 10.4 Å². The molecule has 0 spiro atoms. The van der Waals surface area contributed by atoms with Gasteiger partial charge in [0.25, 0.3) is 0 Å². The maximum absolute atomic E-state index is 9.88. The summed E-state index contributed by atoms with van der Waals surface area (Å²) in [5.41, 5.74) is 10.2. The highest BCUT2D eigenvalue weighted by atomic mass is 127. The van der Waals surface area contributed by atoms with Gasteiger partial charge in [-0.2, -0.15) is 5.26 Å². The number of fused-ring (bicyclic) bond motifs is 1. The average molecular weight is 554 g/mol. The fraction of sp³-hybridized carbons (Fsp3) is 0.192. The molecule has 0 unspecified atom stereocenters. The highest BCUT2D eigenvalue weighted by Crippen LogP contribution is 2.46. The molecule has 1 aliphatic heterocycles. The van der Waals surface area contributed by atoms with Gasteiger partial charge in [-0.3, -0.25) is 0 Å². The Bertz CT molecular complexity index is 1260. The van der Waals surface area contributed by atoms with Gasteiger partial charge in [0.2, 0.25) is 5.88 Å². The lowest BCUT2D eigenvalue weighted by Gasteiger charge is -2.27. The lowest BCUT2D eigenvalue weighted by molar-refractivity contribution is 0.267. The van der Waals surface area contributed by atoms with E-state index >= 15 is 0 Å². The van der Waals surface area contributed by atoms with Crippen LogP contribution in [0.15, 0.2) is 66.1 Å². The fourth-order valence-corrected chi connectivity index (χ4v) is 4.57. The summed E-state index contributed by atoms with van der Waals surface area (Å²) >= 11 is 2.22. The summed E-state index contributed by atoms with van der Waals surface area (Å²) in [4.78, 5) is 0. The van der Waals surface area contributed by atoms with Crippen LogP contribution in [0.2, 0.25) is 0 Å². The smallest absolute Gasteiger partial charge is 0.205 e. The fourth-order valence-electron chi connectivity index (χ4n) is 3.78. The van der Waals surface area contributed by atoms with Crippen molar-refractivity contribution in [3.8, 4) is 29.1 Å². The molecule has 6 nitrogen and oxygen atoms in total. The van der Waals surface area contributed by atoms with E-state index in [-0.39, 0.29) is 11.6 Å². The number of aromatic hydroxyl groups is 1. The first-order valence-corrected chi connectivity index (χ1v) is 11.5. The molecule has 1 aliphatic rings. The number of rotatable bonds is 6. The molecule has 4 rings (SSSR count). The molecule has 0 amide bonds. The molecule has 1 atom stereocenters. The van der Waals surface area contributed by atoms with Crippen LogP contribution in [0.4, 0.5) is 0 Å². The number of phenolic OH excluding ortho intramolecular Hbond substituents is 1. The van der Waals surface area contributed by atoms with E-state index in [1.807, 2.05) is 38.1 Å². The van der Waals surface area contributed by atoms with E-state index in [2.05, 4.69) is 40.8 Å². The number of ether oxygens (including phenoxy) is 3. The summed E-state index contributed by atoms with van der Waals surface area (Å²) in [7, 11) is 0. The Balaban J connectivity index is 1.75. The molecule has 0 radical (unpaired) electrons. The van der Waals surface area contributed by atoms with Gasteiger partial charge >= 0.3 is 0 Å². The predicted molar refractivity (Wildman–Crippen MR) is 133 cm³/mol. The van der Waals surface area contributed by atoms with Crippen LogP contribution in [0.25, 0.3) is 0 Å². The van der Waals surface area contributed by atoms with E-state index < -0.39 is 5.92 Å². The average Bonchev–Trinajstić information content (AvgIpc) is 2.78. The van der Waals surface area contributed by atoms with Crippen molar-refractivity contribution < 1.29 is 19.3 Å². The molecule has 7 heteroatoms. The van der Waals surface area contributed by atoms with Crippen molar-refractivity contribution in [2.45, 2.75) is 26.4 Å². The standard InChI is InChI=1S/C26H23IN2O4/c1-3-31-23-11-17(10-21(27)25(23)32-14-16-6-4-15(2)5-7-16)24-19-9-8-18(30)12-22(19)33-26(29)20(24)13-28/h4-12,24,30H,3,14,29H2,1-2H3/t24-/m0/s1. The van der Waals surface area contributed by atoms with E-state index in [1.165, 1.54) is 11.6 Å². The van der Waals surface area contributed by atoms with Crippen molar-refractivity contribution in [3.05, 3.63) is 91.9 Å². The van der Waals surface area contributed by atoms with Gasteiger partial charge < -0.3 is 25.1 Å². The Kier molecular flexibility index (Phi) is 6.65. The molecule has 0 saturated heterocycles. The molecule has 3 aromatic carbocycles. The number of nitriles is 1. The normalized spacial score (nSPS) is 14.8. The van der Waals surface area contributed by atoms with Gasteiger partial charge in [0.05, 0.1) is 16.1 Å². The molecule has 0 bridgehead atoms. The van der Waals surface area contributed by atoms with Gasteiger partial charge in [0, 0.05) is 11.6 Å². The minimum Gasteiger partial charge on any atom is -0.508 e. The molecule has 0 saturated carbocycles. The third-order valence-corrected chi connectivity index (χ3v) is 6.17. The number of halogens is 1. The maximum atomic E-state index is 9.88. The topological polar surface area (TPSA) is 97.7 Å². The van der Waals surface area contributed by atoms with Crippen molar-refractivity contribution >= 4 is 22.6 Å². The van der Waals surface area contributed by atoms with Crippen LogP contribution in [0.3, 0.4) is 0 Å². The Labute approximate surface area is 206 Å². The maximum Gasteiger partial charge on any atom is 0.205 e. The Hall–Kier alpha value is -3.38. The zero-order valence-electron chi connectivity index (χ0n) is 18.3. The SMILES string of the molecule is CCOc1cc([C@@H]2C(C#N)=C(N)Oc3cc(O)ccc32)cc(I)c1OCc1ccc(C)cc1. The molecule has 168 valence electrons. The summed E-state index contributed by atoms with van der Waals surface area (Å²) in [6.45, 7) is 4.83. The van der Waals surface area contributed by atoms with Crippen molar-refractivity contribution in [1.29, 1.82) is 5.26 Å². The van der Waals surface area contributed by atoms with Crippen molar-refractivity contribution in [1.82, 2.24) is 0 Å². The Morgan fingerprint density at radius 1 is 1.12 bits per heavy atom. The van der Waals surface area contributed by atoms with Crippen molar-refractivity contribution in [3.63, 3.8) is 0 Å². The van der Waals surface area contributed by atoms with E-state index in [4.69, 9.17) is 19.9 Å². The minimum absolute atomic E-state index is 0.0215. The summed E-state index contributed by atoms with van der Waals surface area (Å²) in [5.74, 6) is 1.28. The van der Waals surface area contributed by atoms with Gasteiger partial charge in [-0.05, 0) is 65.8 Å². The number of hydrogen-bond donors (Lipinski definition) is 2. The highest BCUT2D eigenvalue weighted by Gasteiger charge is 2.32. The van der Waals surface area contributed by atoms with Crippen LogP contribution in [-0.2, 0) is 6.61 Å². The van der Waals surface area contributed by atoms with Crippen LogP contribution < -0.4 is 19.9 Å². The quantitative estimate of drug-likeness (QED) is 0.391. The molecule has 0 fully saturated rings. The first-order chi connectivity index (χ1) is 15.9. The van der Waals surface area contributed by atoms with Crippen molar-refractivity contribution in [2.75, 3.05) is 6.61 Å². The number of benzene rings is 3. The molecular formula is C26H23IN2O4. The second-order valence-electron chi connectivity index (χ2n) is 7.68. The number of phenols is 1. The molecule has 0 aromatic heterocycles. The van der Waals surface area contributed by atoms with E-state index in [0.717, 1.165) is 20.3 Å². The number of hydrogen-bond acceptors (Lipinski definition) is 6. The van der Waals surface area contributed by atoms with Gasteiger partial charge in [-0.1, -0.05) is 35.9 Å². The third-order valence-electron chi connectivity index (χ3n) is 5.37. The summed E-state index contributed by atoms with van der Waals surface area (Å²) in [6.07, 6.45) is 0. The number of nitrogens with zero attached hydrogens (tertiary/aromatic N) is 1. The van der Waals surface area contributed by atoms with Crippen LogP contribution >= 0.6 is 22.6 Å². The van der Waals surface area contributed by atoms with Crippen LogP contribution in [0.5, 0.6) is 23.0 Å². The predicted octanol–water partition coefficient (Wildman–Crippen LogP) is 5.50. The zero-order chi connectivity index (χ0) is 23.5. The summed E-state index contributed by atoms with van der Waals surface area (Å²) in [5, 5.41) is 19.7. The van der Waals surface area contributed by atoms with Crippen molar-refractivity contribution in [2.24, 2.45) is 5.73 Å². The van der Waals surface area contributed by atoms with E-state index in [1.54, 1.807) is 12.1 Å². The molecular weight excluding hydrogens is 531 g/mol. The van der Waals surface area contributed by atoms with Gasteiger partial charge in [-0.25, -0.2) is 0 Å². The largest absolute Gasteiger partial charge is 0.508 e. The molecule has 33 heavy (non-hydrogen) atoms. The second-order valence-corrected chi connectivity index (χ2v) is 8.85. The lowest BCUT2D eigenvalue weighted by Crippen LogP contribution is -2.21. The highest BCUT2D eigenvalue weighted by molar-refractivity contribution is 14.1. The minimum atomic E-state index is -0.460. The summed E-state index contributed by atoms with van der Waals surface area (Å²) < 4.78 is 18.5. The first kappa shape index (κ1) is 22.8. The molecule has 3 aromatic rings. The third kappa shape index (κ3) is 4.71. The van der Waals surface area contributed by atoms with Crippen LogP contribution in [0.1, 0.15) is 35.1 Å². The molecule has 0 aliphatic carbocycles. The molecule has 1 heterocycles. The van der Waals surface area contributed by atoms with Gasteiger partial charge in [0.15, 0.2) is 11.5 Å². The van der Waals surface area contributed by atoms with Gasteiger partial charge in [-0.15, -0.1) is 0 Å². The number of nitrogens with two attached hydrogens (primary N) is 1. The van der Waals surface area contributed by atoms with Crippen LogP contribution in [-0.4, -0.2) is 11.7 Å². The number of aryl methyl sites for hydroxylation is 1.